The third-order valence-corrected chi connectivity index (χ3v) is 8.93. The number of nitrogen functional groups attached to an aromatic ring is 1. The van der Waals surface area contributed by atoms with Gasteiger partial charge in [-0.25, -0.2) is 13.8 Å². The predicted molar refractivity (Wildman–Crippen MR) is 159 cm³/mol. The highest BCUT2D eigenvalue weighted by Gasteiger charge is 2.45. The summed E-state index contributed by atoms with van der Waals surface area (Å²) in [6.07, 6.45) is -4.42. The predicted octanol–water partition coefficient (Wildman–Crippen LogP) is 4.96. The maximum atomic E-state index is 15.0. The number of nitrogens with two attached hydrogens (primary N) is 1. The molecule has 3 aromatic rings. The minimum absolute atomic E-state index is 0.117. The smallest absolute Gasteiger partial charge is 0.420 e. The molecular formula is C29H34ClF5N8O2. The Morgan fingerprint density at radius 2 is 1.91 bits per heavy atom. The first-order valence-corrected chi connectivity index (χ1v) is 15.3. The van der Waals surface area contributed by atoms with Crippen molar-refractivity contribution in [3.63, 3.8) is 0 Å². The summed E-state index contributed by atoms with van der Waals surface area (Å²) in [5.41, 5.74) is 1.46. The summed E-state index contributed by atoms with van der Waals surface area (Å²) in [7, 11) is 0. The number of rotatable bonds is 9. The lowest BCUT2D eigenvalue weighted by atomic mass is 10.0. The van der Waals surface area contributed by atoms with Crippen LogP contribution < -0.4 is 20.7 Å². The highest BCUT2D eigenvalue weighted by atomic mass is 35.5. The van der Waals surface area contributed by atoms with Crippen LogP contribution in [0.5, 0.6) is 6.01 Å². The largest absolute Gasteiger partial charge is 0.463 e. The lowest BCUT2D eigenvalue weighted by Crippen LogP contribution is -2.50. The summed E-state index contributed by atoms with van der Waals surface area (Å²) in [4.78, 5) is 21.2. The lowest BCUT2D eigenvalue weighted by molar-refractivity contribution is -0.137. The number of piperazine rings is 1. The van der Waals surface area contributed by atoms with Gasteiger partial charge in [-0.3, -0.25) is 9.88 Å². The summed E-state index contributed by atoms with van der Waals surface area (Å²) < 4.78 is 84.0. The van der Waals surface area contributed by atoms with Crippen molar-refractivity contribution < 1.29 is 31.4 Å². The van der Waals surface area contributed by atoms with E-state index >= 15 is 0 Å². The average molecular weight is 657 g/mol. The van der Waals surface area contributed by atoms with Gasteiger partial charge in [-0.15, -0.1) is 0 Å². The number of aromatic nitrogens is 4. The lowest BCUT2D eigenvalue weighted by Gasteiger charge is -2.34. The number of anilines is 2. The van der Waals surface area contributed by atoms with E-state index in [1.54, 1.807) is 0 Å². The SMILES string of the molecule is CCC1CN(c2nc(OCC3(CN4CCOCC4)CC3)nc3c(C(F)F)c(-c4nc(N)cc(Cl)c4C(F)(F)F)ncc23)CCN1. The second-order valence-corrected chi connectivity index (χ2v) is 12.3. The zero-order chi connectivity index (χ0) is 31.9. The molecule has 10 nitrogen and oxygen atoms in total. The van der Waals surface area contributed by atoms with Gasteiger partial charge in [0.25, 0.3) is 6.43 Å². The quantitative estimate of drug-likeness (QED) is 0.307. The van der Waals surface area contributed by atoms with Crippen LogP contribution in [-0.2, 0) is 10.9 Å². The Hall–Kier alpha value is -3.14. The molecule has 6 rings (SSSR count). The maximum Gasteiger partial charge on any atom is 0.420 e. The van der Waals surface area contributed by atoms with E-state index in [-0.39, 0.29) is 40.8 Å². The summed E-state index contributed by atoms with van der Waals surface area (Å²) in [5, 5.41) is 2.80. The Balaban J connectivity index is 1.46. The van der Waals surface area contributed by atoms with Gasteiger partial charge in [0.1, 0.15) is 28.6 Å². The van der Waals surface area contributed by atoms with E-state index in [2.05, 4.69) is 30.2 Å². The third-order valence-electron chi connectivity index (χ3n) is 8.63. The fourth-order valence-electron chi connectivity index (χ4n) is 6.01. The molecule has 244 valence electrons. The van der Waals surface area contributed by atoms with E-state index in [0.29, 0.717) is 38.7 Å². The summed E-state index contributed by atoms with van der Waals surface area (Å²) >= 11 is 5.93. The molecule has 1 aliphatic carbocycles. The molecular weight excluding hydrogens is 623 g/mol. The number of alkyl halides is 5. The summed E-state index contributed by atoms with van der Waals surface area (Å²) in [6.45, 7) is 7.70. The maximum absolute atomic E-state index is 15.0. The fourth-order valence-corrected chi connectivity index (χ4v) is 6.32. The molecule has 3 fully saturated rings. The normalized spacial score (nSPS) is 20.6. The van der Waals surface area contributed by atoms with Crippen LogP contribution in [0.25, 0.3) is 22.3 Å². The molecule has 0 aromatic carbocycles. The Labute approximate surface area is 261 Å². The van der Waals surface area contributed by atoms with Crippen molar-refractivity contribution >= 4 is 34.1 Å². The zero-order valence-corrected chi connectivity index (χ0v) is 25.4. The monoisotopic (exact) mass is 656 g/mol. The van der Waals surface area contributed by atoms with E-state index in [1.165, 1.54) is 6.20 Å². The topological polar surface area (TPSA) is 115 Å². The van der Waals surface area contributed by atoms with Crippen LogP contribution in [0.4, 0.5) is 33.6 Å². The summed E-state index contributed by atoms with van der Waals surface area (Å²) in [5.74, 6) is -0.0533. The highest BCUT2D eigenvalue weighted by Crippen LogP contribution is 2.47. The van der Waals surface area contributed by atoms with E-state index in [9.17, 15) is 22.0 Å². The molecule has 2 saturated heterocycles. The number of halogens is 6. The van der Waals surface area contributed by atoms with Crippen LogP contribution in [0, 0.1) is 5.41 Å². The standard InChI is InChI=1S/C29H34ClF5N8O2/c1-2-16-13-43(6-5-37-16)26-17-12-38-23(24-21(29(33,34)35)18(30)11-19(36)39-24)20(25(31)32)22(17)40-27(41-26)45-15-28(3-4-28)14-42-7-9-44-10-8-42/h11-12,16,25,37H,2-10,13-15H2,1H3,(H2,36,39). The van der Waals surface area contributed by atoms with Crippen molar-refractivity contribution in [1.29, 1.82) is 0 Å². The van der Waals surface area contributed by atoms with Gasteiger partial charge in [-0.2, -0.15) is 23.1 Å². The first-order valence-electron chi connectivity index (χ1n) is 14.9. The van der Waals surface area contributed by atoms with Crippen LogP contribution in [0.2, 0.25) is 5.02 Å². The van der Waals surface area contributed by atoms with Gasteiger partial charge in [0, 0.05) is 56.9 Å². The van der Waals surface area contributed by atoms with Gasteiger partial charge in [0.05, 0.1) is 41.3 Å². The number of nitrogens with zero attached hydrogens (tertiary/aromatic N) is 6. The van der Waals surface area contributed by atoms with Crippen LogP contribution in [-0.4, -0.2) is 90.0 Å². The number of ether oxygens (including phenoxy) is 2. The minimum Gasteiger partial charge on any atom is -0.463 e. The molecule has 3 aromatic heterocycles. The summed E-state index contributed by atoms with van der Waals surface area (Å²) in [6, 6.07) is 0.805. The molecule has 0 bridgehead atoms. The van der Waals surface area contributed by atoms with Crippen LogP contribution in [0.3, 0.4) is 0 Å². The molecule has 16 heteroatoms. The number of pyridine rings is 2. The molecule has 3 N–H and O–H groups in total. The molecule has 0 amide bonds. The first kappa shape index (κ1) is 31.8. The number of hydrogen-bond acceptors (Lipinski definition) is 10. The van der Waals surface area contributed by atoms with Crippen LogP contribution in [0.15, 0.2) is 12.3 Å². The van der Waals surface area contributed by atoms with Crippen molar-refractivity contribution in [3.05, 3.63) is 28.4 Å². The van der Waals surface area contributed by atoms with Gasteiger partial charge in [-0.1, -0.05) is 18.5 Å². The van der Waals surface area contributed by atoms with Gasteiger partial charge in [-0.05, 0) is 25.3 Å². The van der Waals surface area contributed by atoms with Crippen LogP contribution in [0.1, 0.15) is 43.7 Å². The Morgan fingerprint density at radius 3 is 2.58 bits per heavy atom. The van der Waals surface area contributed by atoms with Gasteiger partial charge in [0.2, 0.25) is 0 Å². The number of morpholine rings is 1. The second kappa shape index (κ2) is 12.6. The zero-order valence-electron chi connectivity index (χ0n) is 24.6. The van der Waals surface area contributed by atoms with Gasteiger partial charge >= 0.3 is 12.2 Å². The molecule has 1 atom stereocenters. The molecule has 1 unspecified atom stereocenters. The molecule has 3 aliphatic rings. The minimum atomic E-state index is -5.02. The third kappa shape index (κ3) is 6.71. The van der Waals surface area contributed by atoms with E-state index in [0.717, 1.165) is 45.0 Å². The highest BCUT2D eigenvalue weighted by molar-refractivity contribution is 6.32. The molecule has 0 spiro atoms. The van der Waals surface area contributed by atoms with Crippen LogP contribution >= 0.6 is 11.6 Å². The number of nitrogens with one attached hydrogen (secondary N) is 1. The molecule has 0 radical (unpaired) electrons. The Kier molecular flexibility index (Phi) is 8.89. The Bertz CT molecular complexity index is 1550. The number of hydrogen-bond donors (Lipinski definition) is 2. The Morgan fingerprint density at radius 1 is 1.16 bits per heavy atom. The van der Waals surface area contributed by atoms with Crippen molar-refractivity contribution in [2.75, 3.05) is 69.7 Å². The fraction of sp³-hybridized carbons (Fsp3) is 0.586. The van der Waals surface area contributed by atoms with Gasteiger partial charge < -0.3 is 25.4 Å². The van der Waals surface area contributed by atoms with E-state index < -0.39 is 40.1 Å². The van der Waals surface area contributed by atoms with Gasteiger partial charge in [0.15, 0.2) is 0 Å². The molecule has 5 heterocycles. The second-order valence-electron chi connectivity index (χ2n) is 11.8. The van der Waals surface area contributed by atoms with E-state index in [1.807, 2.05) is 11.8 Å². The van der Waals surface area contributed by atoms with Crippen molar-refractivity contribution in [2.24, 2.45) is 5.41 Å². The van der Waals surface area contributed by atoms with Crippen molar-refractivity contribution in [3.8, 4) is 17.4 Å². The molecule has 2 aliphatic heterocycles. The van der Waals surface area contributed by atoms with E-state index in [4.69, 9.17) is 26.8 Å². The molecule has 1 saturated carbocycles. The van der Waals surface area contributed by atoms with Crippen molar-refractivity contribution in [2.45, 2.75) is 44.8 Å². The first-order chi connectivity index (χ1) is 21.5. The average Bonchev–Trinajstić information content (AvgIpc) is 3.77. The number of fused-ring (bicyclic) bond motifs is 1. The molecule has 45 heavy (non-hydrogen) atoms. The van der Waals surface area contributed by atoms with Crippen molar-refractivity contribution in [1.82, 2.24) is 30.2 Å².